The Balaban J connectivity index is 1.49. The summed E-state index contributed by atoms with van der Waals surface area (Å²) in [6.07, 6.45) is 0. The molecule has 3 aromatic heterocycles. The highest BCUT2D eigenvalue weighted by atomic mass is 32.2. The predicted molar refractivity (Wildman–Crippen MR) is 113 cm³/mol. The zero-order valence-electron chi connectivity index (χ0n) is 16.7. The van der Waals surface area contributed by atoms with E-state index in [4.69, 9.17) is 0 Å². The van der Waals surface area contributed by atoms with Crippen molar-refractivity contribution in [3.63, 3.8) is 0 Å². The van der Waals surface area contributed by atoms with Crippen LogP contribution in [-0.2, 0) is 4.79 Å². The van der Waals surface area contributed by atoms with Crippen LogP contribution in [-0.4, -0.2) is 41.0 Å². The first-order valence-corrected chi connectivity index (χ1v) is 10.2. The van der Waals surface area contributed by atoms with Crippen LogP contribution in [0.5, 0.6) is 0 Å². The second-order valence-corrected chi connectivity index (χ2v) is 7.69. The zero-order valence-corrected chi connectivity index (χ0v) is 17.5. The fraction of sp³-hybridized carbons (Fsp3) is 0.250. The number of fused-ring (bicyclic) bond motifs is 1. The van der Waals surface area contributed by atoms with E-state index in [1.54, 1.807) is 0 Å². The van der Waals surface area contributed by atoms with Crippen LogP contribution in [0.2, 0.25) is 0 Å². The van der Waals surface area contributed by atoms with E-state index in [1.807, 2.05) is 73.2 Å². The molecule has 0 radical (unpaired) electrons. The number of aryl methyl sites for hydroxylation is 3. The van der Waals surface area contributed by atoms with Crippen LogP contribution in [0.1, 0.15) is 22.9 Å². The number of aromatic nitrogens is 6. The summed E-state index contributed by atoms with van der Waals surface area (Å²) in [6.45, 7) is 7.65. The van der Waals surface area contributed by atoms with Crippen molar-refractivity contribution in [2.45, 2.75) is 32.9 Å². The predicted octanol–water partition coefficient (Wildman–Crippen LogP) is 3.27. The Bertz CT molecular complexity index is 1200. The maximum atomic E-state index is 12.6. The summed E-state index contributed by atoms with van der Waals surface area (Å²) in [6, 6.07) is 11.7. The first-order valence-electron chi connectivity index (χ1n) is 9.17. The monoisotopic (exact) mass is 407 g/mol. The minimum absolute atomic E-state index is 0.122. The fourth-order valence-corrected chi connectivity index (χ4v) is 4.03. The van der Waals surface area contributed by atoms with Gasteiger partial charge in [-0.3, -0.25) is 9.20 Å². The molecule has 3 heterocycles. The third kappa shape index (κ3) is 3.73. The molecule has 1 N–H and O–H groups in total. The number of carbonyl (C=O) groups excluding carboxylic acids is 1. The van der Waals surface area contributed by atoms with Gasteiger partial charge in [-0.2, -0.15) is 5.10 Å². The van der Waals surface area contributed by atoms with E-state index >= 15 is 0 Å². The van der Waals surface area contributed by atoms with Crippen LogP contribution in [0.15, 0.2) is 41.6 Å². The van der Waals surface area contributed by atoms with Crippen LogP contribution < -0.4 is 5.32 Å². The number of hydrogen-bond acceptors (Lipinski definition) is 6. The van der Waals surface area contributed by atoms with E-state index < -0.39 is 0 Å². The number of anilines is 1. The van der Waals surface area contributed by atoms with Crippen LogP contribution in [0.4, 0.5) is 5.69 Å². The lowest BCUT2D eigenvalue weighted by Crippen LogP contribution is -2.15. The van der Waals surface area contributed by atoms with E-state index in [0.717, 1.165) is 39.9 Å². The molecule has 0 aliphatic rings. The number of carbonyl (C=O) groups is 1. The second kappa shape index (κ2) is 7.67. The highest BCUT2D eigenvalue weighted by molar-refractivity contribution is 7.99. The highest BCUT2D eigenvalue weighted by Crippen LogP contribution is 2.24. The van der Waals surface area contributed by atoms with Gasteiger partial charge in [-0.1, -0.05) is 30.0 Å². The van der Waals surface area contributed by atoms with Gasteiger partial charge in [0.15, 0.2) is 10.8 Å². The summed E-state index contributed by atoms with van der Waals surface area (Å²) in [5.41, 5.74) is 4.96. The quantitative estimate of drug-likeness (QED) is 0.511. The Morgan fingerprint density at radius 3 is 2.62 bits per heavy atom. The maximum Gasteiger partial charge on any atom is 0.234 e. The minimum atomic E-state index is -0.122. The van der Waals surface area contributed by atoms with Crippen molar-refractivity contribution >= 4 is 29.0 Å². The molecule has 4 rings (SSSR count). The molecule has 0 spiro atoms. The van der Waals surface area contributed by atoms with E-state index in [1.165, 1.54) is 11.8 Å². The number of rotatable bonds is 5. The van der Waals surface area contributed by atoms with Crippen molar-refractivity contribution in [1.29, 1.82) is 0 Å². The molecule has 0 fully saturated rings. The summed E-state index contributed by atoms with van der Waals surface area (Å²) in [4.78, 5) is 17.0. The zero-order chi connectivity index (χ0) is 20.5. The molecule has 0 aliphatic carbocycles. The third-order valence-corrected chi connectivity index (χ3v) is 5.48. The second-order valence-electron chi connectivity index (χ2n) is 6.75. The molecule has 1 aromatic carbocycles. The largest absolute Gasteiger partial charge is 0.322 e. The van der Waals surface area contributed by atoms with Gasteiger partial charge in [-0.15, -0.1) is 10.2 Å². The van der Waals surface area contributed by atoms with Gasteiger partial charge in [0.05, 0.1) is 28.5 Å². The molecule has 0 atom stereocenters. The van der Waals surface area contributed by atoms with Gasteiger partial charge in [0.2, 0.25) is 5.91 Å². The van der Waals surface area contributed by atoms with Crippen LogP contribution >= 0.6 is 11.8 Å². The molecule has 29 heavy (non-hydrogen) atoms. The summed E-state index contributed by atoms with van der Waals surface area (Å²) in [5.74, 6) is 0.885. The van der Waals surface area contributed by atoms with Gasteiger partial charge in [-0.25, -0.2) is 9.67 Å². The molecule has 0 saturated heterocycles. The molecular weight excluding hydrogens is 386 g/mol. The van der Waals surface area contributed by atoms with Crippen molar-refractivity contribution in [1.82, 2.24) is 29.4 Å². The smallest absolute Gasteiger partial charge is 0.234 e. The Kier molecular flexibility index (Phi) is 5.06. The Morgan fingerprint density at radius 1 is 1.10 bits per heavy atom. The van der Waals surface area contributed by atoms with Crippen LogP contribution in [0.25, 0.3) is 11.3 Å². The van der Waals surface area contributed by atoms with E-state index in [0.29, 0.717) is 5.16 Å². The highest BCUT2D eigenvalue weighted by Gasteiger charge is 2.17. The first kappa shape index (κ1) is 19.1. The molecule has 8 nitrogen and oxygen atoms in total. The standard InChI is InChI=1S/C20H21N7OS/c1-12-10-17-23-24-20(26(17)15(4)21-12)29-11-18(28)22-19-13(2)25-27(14(19)3)16-8-6-5-7-9-16/h5-10H,11H2,1-4H3,(H,22,28). The van der Waals surface area contributed by atoms with Crippen LogP contribution in [0, 0.1) is 27.7 Å². The summed E-state index contributed by atoms with van der Waals surface area (Å²) < 4.78 is 3.69. The normalized spacial score (nSPS) is 11.2. The first-order chi connectivity index (χ1) is 13.9. The van der Waals surface area contributed by atoms with Gasteiger partial charge in [0, 0.05) is 11.8 Å². The van der Waals surface area contributed by atoms with Gasteiger partial charge in [0.25, 0.3) is 0 Å². The Labute approximate surface area is 172 Å². The SMILES string of the molecule is Cc1cc2nnc(SCC(=O)Nc3c(C)nn(-c4ccccc4)c3C)n2c(C)n1. The van der Waals surface area contributed by atoms with E-state index in [2.05, 4.69) is 25.6 Å². The average molecular weight is 408 g/mol. The minimum Gasteiger partial charge on any atom is -0.322 e. The van der Waals surface area contributed by atoms with Gasteiger partial charge >= 0.3 is 0 Å². The van der Waals surface area contributed by atoms with Crippen molar-refractivity contribution in [3.8, 4) is 5.69 Å². The number of thioether (sulfide) groups is 1. The molecule has 4 aromatic rings. The van der Waals surface area contributed by atoms with Crippen LogP contribution in [0.3, 0.4) is 0 Å². The lowest BCUT2D eigenvalue weighted by molar-refractivity contribution is -0.113. The lowest BCUT2D eigenvalue weighted by Gasteiger charge is -2.07. The number of nitrogens with one attached hydrogen (secondary N) is 1. The van der Waals surface area contributed by atoms with Crippen molar-refractivity contribution in [2.75, 3.05) is 11.1 Å². The van der Waals surface area contributed by atoms with Gasteiger partial charge in [-0.05, 0) is 39.8 Å². The Morgan fingerprint density at radius 2 is 1.86 bits per heavy atom. The van der Waals surface area contributed by atoms with Gasteiger partial charge < -0.3 is 5.32 Å². The van der Waals surface area contributed by atoms with Crippen molar-refractivity contribution in [2.24, 2.45) is 0 Å². The molecule has 0 aliphatic heterocycles. The van der Waals surface area contributed by atoms with E-state index in [-0.39, 0.29) is 11.7 Å². The molecule has 0 saturated carbocycles. The summed E-state index contributed by atoms with van der Waals surface area (Å²) in [5, 5.41) is 16.6. The van der Waals surface area contributed by atoms with E-state index in [9.17, 15) is 4.79 Å². The molecule has 0 unspecified atom stereocenters. The number of para-hydroxylation sites is 1. The number of amides is 1. The fourth-order valence-electron chi connectivity index (χ4n) is 3.25. The molecule has 1 amide bonds. The Hall–Kier alpha value is -3.20. The van der Waals surface area contributed by atoms with Crippen molar-refractivity contribution in [3.05, 3.63) is 59.3 Å². The number of nitrogens with zero attached hydrogens (tertiary/aromatic N) is 6. The molecular formula is C20H21N7OS. The summed E-state index contributed by atoms with van der Waals surface area (Å²) >= 11 is 1.33. The molecule has 9 heteroatoms. The molecule has 148 valence electrons. The van der Waals surface area contributed by atoms with Gasteiger partial charge in [0.1, 0.15) is 5.82 Å². The topological polar surface area (TPSA) is 90.0 Å². The van der Waals surface area contributed by atoms with Crippen molar-refractivity contribution < 1.29 is 4.79 Å². The number of hydrogen-bond donors (Lipinski definition) is 1. The number of benzene rings is 1. The average Bonchev–Trinajstić information content (AvgIpc) is 3.23. The maximum absolute atomic E-state index is 12.6. The molecule has 0 bridgehead atoms. The lowest BCUT2D eigenvalue weighted by atomic mass is 10.3. The summed E-state index contributed by atoms with van der Waals surface area (Å²) in [7, 11) is 0. The third-order valence-electron chi connectivity index (χ3n) is 4.55.